The molecule has 0 fully saturated rings. The van der Waals surface area contributed by atoms with Crippen LogP contribution in [-0.2, 0) is 23.6 Å². The number of hydrogen-bond donors (Lipinski definition) is 2. The predicted octanol–water partition coefficient (Wildman–Crippen LogP) is 2.25. The summed E-state index contributed by atoms with van der Waals surface area (Å²) in [6.45, 7) is 0.408. The summed E-state index contributed by atoms with van der Waals surface area (Å²) < 4.78 is 28.7. The number of nitrogens with one attached hydrogen (secondary N) is 2. The van der Waals surface area contributed by atoms with Gasteiger partial charge in [-0.25, -0.2) is 8.42 Å². The first kappa shape index (κ1) is 16.1. The van der Waals surface area contributed by atoms with E-state index in [0.29, 0.717) is 17.1 Å². The highest BCUT2D eigenvalue weighted by atomic mass is 35.5. The Labute approximate surface area is 133 Å². The number of sulfonamides is 1. The minimum atomic E-state index is -3.86. The zero-order valence-electron chi connectivity index (χ0n) is 11.4. The third kappa shape index (κ3) is 3.68. The number of anilines is 1. The lowest BCUT2D eigenvalue weighted by atomic mass is 10.2. The van der Waals surface area contributed by atoms with E-state index in [2.05, 4.69) is 15.1 Å². The van der Waals surface area contributed by atoms with Crippen LogP contribution >= 0.6 is 23.2 Å². The van der Waals surface area contributed by atoms with E-state index in [1.807, 2.05) is 0 Å². The molecule has 0 saturated carbocycles. The van der Waals surface area contributed by atoms with Gasteiger partial charge in [-0.2, -0.15) is 5.10 Å². The van der Waals surface area contributed by atoms with E-state index >= 15 is 0 Å². The molecule has 0 atom stereocenters. The molecule has 0 unspecified atom stereocenters. The maximum Gasteiger partial charge on any atom is 0.264 e. The van der Waals surface area contributed by atoms with Gasteiger partial charge in [0.15, 0.2) is 5.82 Å². The Morgan fingerprint density at radius 1 is 1.33 bits per heavy atom. The van der Waals surface area contributed by atoms with Gasteiger partial charge in [-0.15, -0.1) is 0 Å². The van der Waals surface area contributed by atoms with Gasteiger partial charge in [0.05, 0.1) is 5.02 Å². The maximum atomic E-state index is 12.4. The molecule has 0 aliphatic carbocycles. The Kier molecular flexibility index (Phi) is 4.77. The Morgan fingerprint density at radius 2 is 2.05 bits per heavy atom. The number of halogens is 2. The summed E-state index contributed by atoms with van der Waals surface area (Å²) in [6.07, 6.45) is 1.63. The first-order chi connectivity index (χ1) is 9.83. The van der Waals surface area contributed by atoms with E-state index in [1.54, 1.807) is 32.4 Å². The molecule has 0 saturated heterocycles. The summed E-state index contributed by atoms with van der Waals surface area (Å²) in [5.41, 5.74) is 0.605. The Hall–Kier alpha value is -1.28. The van der Waals surface area contributed by atoms with Crippen molar-refractivity contribution in [1.82, 2.24) is 15.1 Å². The normalized spacial score (nSPS) is 11.6. The Bertz CT molecular complexity index is 759. The zero-order chi connectivity index (χ0) is 15.6. The molecule has 0 aliphatic rings. The van der Waals surface area contributed by atoms with E-state index in [9.17, 15) is 8.42 Å². The lowest BCUT2D eigenvalue weighted by molar-refractivity contribution is 0.600. The van der Waals surface area contributed by atoms with Crippen molar-refractivity contribution >= 4 is 39.0 Å². The number of aromatic nitrogens is 2. The second-order valence-corrected chi connectivity index (χ2v) is 6.85. The summed E-state index contributed by atoms with van der Waals surface area (Å²) in [5, 5.41) is 7.31. The standard InChI is InChI=1S/C12H14Cl2N4O2S/c1-15-7-8-5-9(13)6-10(12(8)14)21(19,20)17-11-3-4-18(2)16-11/h3-6,15H,7H2,1-2H3,(H,16,17). The van der Waals surface area contributed by atoms with Gasteiger partial charge in [0, 0.05) is 30.9 Å². The molecule has 0 aliphatic heterocycles. The van der Waals surface area contributed by atoms with Crippen LogP contribution in [0.5, 0.6) is 0 Å². The molecule has 6 nitrogen and oxygen atoms in total. The molecule has 1 aromatic carbocycles. The first-order valence-corrected chi connectivity index (χ1v) is 8.22. The average Bonchev–Trinajstić information content (AvgIpc) is 2.78. The fourth-order valence-electron chi connectivity index (χ4n) is 1.80. The maximum absolute atomic E-state index is 12.4. The number of rotatable bonds is 5. The molecule has 21 heavy (non-hydrogen) atoms. The van der Waals surface area contributed by atoms with Crippen LogP contribution in [0, 0.1) is 0 Å². The number of aryl methyl sites for hydroxylation is 1. The monoisotopic (exact) mass is 348 g/mol. The van der Waals surface area contributed by atoms with Crippen LogP contribution in [-0.4, -0.2) is 25.2 Å². The molecule has 9 heteroatoms. The third-order valence-electron chi connectivity index (χ3n) is 2.69. The van der Waals surface area contributed by atoms with Gasteiger partial charge in [0.25, 0.3) is 10.0 Å². The lowest BCUT2D eigenvalue weighted by Gasteiger charge is -2.11. The summed E-state index contributed by atoms with van der Waals surface area (Å²) in [7, 11) is -0.441. The molecule has 0 spiro atoms. The van der Waals surface area contributed by atoms with Crippen LogP contribution in [0.15, 0.2) is 29.3 Å². The Morgan fingerprint density at radius 3 is 2.62 bits per heavy atom. The molecule has 0 bridgehead atoms. The number of nitrogens with zero attached hydrogens (tertiary/aromatic N) is 2. The van der Waals surface area contributed by atoms with E-state index in [0.717, 1.165) is 0 Å². The van der Waals surface area contributed by atoms with Crippen LogP contribution < -0.4 is 10.0 Å². The number of benzene rings is 1. The van der Waals surface area contributed by atoms with Crippen LogP contribution in [0.2, 0.25) is 10.0 Å². The largest absolute Gasteiger partial charge is 0.316 e. The van der Waals surface area contributed by atoms with E-state index in [4.69, 9.17) is 23.2 Å². The molecule has 1 heterocycles. The quantitative estimate of drug-likeness (QED) is 0.868. The van der Waals surface area contributed by atoms with Crippen LogP contribution in [0.3, 0.4) is 0 Å². The summed E-state index contributed by atoms with van der Waals surface area (Å²) in [4.78, 5) is -0.0763. The van der Waals surface area contributed by atoms with Crippen LogP contribution in [0.4, 0.5) is 5.82 Å². The third-order valence-corrected chi connectivity index (χ3v) is 4.84. The van der Waals surface area contributed by atoms with Gasteiger partial charge < -0.3 is 5.32 Å². The summed E-state index contributed by atoms with van der Waals surface area (Å²) in [6, 6.07) is 4.49. The minimum Gasteiger partial charge on any atom is -0.316 e. The van der Waals surface area contributed by atoms with E-state index in [1.165, 1.54) is 10.7 Å². The molecule has 1 aromatic heterocycles. The van der Waals surface area contributed by atoms with Gasteiger partial charge >= 0.3 is 0 Å². The lowest BCUT2D eigenvalue weighted by Crippen LogP contribution is -2.15. The summed E-state index contributed by atoms with van der Waals surface area (Å²) in [5.74, 6) is 0.212. The van der Waals surface area contributed by atoms with Crippen molar-refractivity contribution in [1.29, 1.82) is 0 Å². The van der Waals surface area contributed by atoms with Gasteiger partial charge in [-0.05, 0) is 24.7 Å². The fraction of sp³-hybridized carbons (Fsp3) is 0.250. The van der Waals surface area contributed by atoms with Crippen molar-refractivity contribution in [2.45, 2.75) is 11.4 Å². The molecule has 2 N–H and O–H groups in total. The van der Waals surface area contributed by atoms with E-state index in [-0.39, 0.29) is 15.7 Å². The van der Waals surface area contributed by atoms with Crippen molar-refractivity contribution in [2.24, 2.45) is 7.05 Å². The highest BCUT2D eigenvalue weighted by Gasteiger charge is 2.22. The smallest absolute Gasteiger partial charge is 0.264 e. The molecule has 0 radical (unpaired) electrons. The second-order valence-electron chi connectivity index (χ2n) is 4.39. The van der Waals surface area contributed by atoms with Crippen molar-refractivity contribution in [3.63, 3.8) is 0 Å². The molecule has 2 aromatic rings. The fourth-order valence-corrected chi connectivity index (χ4v) is 3.72. The number of hydrogen-bond acceptors (Lipinski definition) is 4. The molecule has 2 rings (SSSR count). The van der Waals surface area contributed by atoms with Gasteiger partial charge in [0.2, 0.25) is 0 Å². The highest BCUT2D eigenvalue weighted by molar-refractivity contribution is 7.92. The van der Waals surface area contributed by atoms with Crippen molar-refractivity contribution in [3.05, 3.63) is 40.0 Å². The van der Waals surface area contributed by atoms with Crippen molar-refractivity contribution < 1.29 is 8.42 Å². The van der Waals surface area contributed by atoms with Crippen molar-refractivity contribution in [3.8, 4) is 0 Å². The molecular formula is C12H14Cl2N4O2S. The molecule has 0 amide bonds. The first-order valence-electron chi connectivity index (χ1n) is 5.98. The predicted molar refractivity (Wildman–Crippen MR) is 83.2 cm³/mol. The summed E-state index contributed by atoms with van der Waals surface area (Å²) >= 11 is 12.1. The molecule has 114 valence electrons. The SMILES string of the molecule is CNCc1cc(Cl)cc(S(=O)(=O)Nc2ccn(C)n2)c1Cl. The van der Waals surface area contributed by atoms with Crippen LogP contribution in [0.25, 0.3) is 0 Å². The second kappa shape index (κ2) is 6.23. The topological polar surface area (TPSA) is 76.0 Å². The molecular weight excluding hydrogens is 335 g/mol. The van der Waals surface area contributed by atoms with Crippen molar-refractivity contribution in [2.75, 3.05) is 11.8 Å². The van der Waals surface area contributed by atoms with Gasteiger partial charge in [-0.1, -0.05) is 23.2 Å². The minimum absolute atomic E-state index is 0.0763. The Balaban J connectivity index is 2.44. The van der Waals surface area contributed by atoms with Crippen LogP contribution in [0.1, 0.15) is 5.56 Å². The average molecular weight is 349 g/mol. The van der Waals surface area contributed by atoms with E-state index < -0.39 is 10.0 Å². The van der Waals surface area contributed by atoms with Gasteiger partial charge in [-0.3, -0.25) is 9.40 Å². The highest BCUT2D eigenvalue weighted by Crippen LogP contribution is 2.30. The van der Waals surface area contributed by atoms with Gasteiger partial charge in [0.1, 0.15) is 4.90 Å². The zero-order valence-corrected chi connectivity index (χ0v) is 13.7.